The molecule has 3 amide bonds. The van der Waals surface area contributed by atoms with Crippen LogP contribution in [0.2, 0.25) is 0 Å². The van der Waals surface area contributed by atoms with Gasteiger partial charge in [0.15, 0.2) is 12.7 Å². The molecule has 8 heteroatoms. The van der Waals surface area contributed by atoms with Gasteiger partial charge in [0.05, 0.1) is 0 Å². The molecule has 132 valence electrons. The maximum Gasteiger partial charge on any atom is 0.347 e. The van der Waals surface area contributed by atoms with Crippen LogP contribution in [0.4, 0.5) is 4.79 Å². The van der Waals surface area contributed by atoms with Crippen LogP contribution in [-0.4, -0.2) is 37.2 Å². The summed E-state index contributed by atoms with van der Waals surface area (Å²) >= 11 is 3.30. The van der Waals surface area contributed by atoms with Crippen molar-refractivity contribution in [2.24, 2.45) is 5.92 Å². The number of amides is 3. The maximum absolute atomic E-state index is 11.8. The predicted octanol–water partition coefficient (Wildman–Crippen LogP) is 2.24. The normalized spacial score (nSPS) is 11.5. The molecular formula is C16H21BrN2O5. The summed E-state index contributed by atoms with van der Waals surface area (Å²) in [6.45, 7) is 5.25. The Morgan fingerprint density at radius 3 is 2.33 bits per heavy atom. The Morgan fingerprint density at radius 2 is 1.75 bits per heavy atom. The molecule has 0 saturated heterocycles. The van der Waals surface area contributed by atoms with Crippen LogP contribution in [0.3, 0.4) is 0 Å². The molecule has 0 bridgehead atoms. The Balaban J connectivity index is 2.32. The number of ether oxygens (including phenoxy) is 2. The Labute approximate surface area is 149 Å². The second kappa shape index (κ2) is 9.92. The molecule has 0 fully saturated rings. The molecule has 0 aliphatic heterocycles. The molecule has 0 radical (unpaired) electrons. The highest BCUT2D eigenvalue weighted by Crippen LogP contribution is 2.17. The van der Waals surface area contributed by atoms with Crippen LogP contribution in [0.1, 0.15) is 20.8 Å². The van der Waals surface area contributed by atoms with Crippen molar-refractivity contribution in [2.75, 3.05) is 13.2 Å². The zero-order chi connectivity index (χ0) is 18.1. The molecule has 0 aliphatic carbocycles. The average Bonchev–Trinajstić information content (AvgIpc) is 2.52. The van der Waals surface area contributed by atoms with Crippen LogP contribution in [0.25, 0.3) is 0 Å². The summed E-state index contributed by atoms with van der Waals surface area (Å²) in [5.74, 6) is -0.642. The molecule has 7 nitrogen and oxygen atoms in total. The zero-order valence-electron chi connectivity index (χ0n) is 13.8. The highest BCUT2D eigenvalue weighted by molar-refractivity contribution is 9.10. The lowest BCUT2D eigenvalue weighted by atomic mass is 10.2. The van der Waals surface area contributed by atoms with E-state index >= 15 is 0 Å². The summed E-state index contributed by atoms with van der Waals surface area (Å²) in [6, 6.07) is 6.32. The summed E-state index contributed by atoms with van der Waals surface area (Å²) < 4.78 is 11.1. The number of esters is 1. The number of benzene rings is 1. The molecule has 0 saturated carbocycles. The van der Waals surface area contributed by atoms with Gasteiger partial charge in [0.1, 0.15) is 5.75 Å². The monoisotopic (exact) mass is 400 g/mol. The molecule has 1 aromatic rings. The van der Waals surface area contributed by atoms with Crippen molar-refractivity contribution in [1.29, 1.82) is 0 Å². The molecule has 0 aromatic heterocycles. The number of urea groups is 1. The van der Waals surface area contributed by atoms with Crippen LogP contribution in [0.15, 0.2) is 28.7 Å². The van der Waals surface area contributed by atoms with E-state index in [9.17, 15) is 14.4 Å². The van der Waals surface area contributed by atoms with Gasteiger partial charge in [0.2, 0.25) is 0 Å². The Morgan fingerprint density at radius 1 is 1.12 bits per heavy atom. The van der Waals surface area contributed by atoms with Crippen molar-refractivity contribution < 1.29 is 23.9 Å². The summed E-state index contributed by atoms with van der Waals surface area (Å²) in [5.41, 5.74) is 0. The first-order valence-electron chi connectivity index (χ1n) is 7.44. The molecule has 1 atom stereocenters. The zero-order valence-corrected chi connectivity index (χ0v) is 15.4. The van der Waals surface area contributed by atoms with Gasteiger partial charge in [-0.05, 0) is 37.1 Å². The summed E-state index contributed by atoms with van der Waals surface area (Å²) in [6.07, 6.45) is -0.881. The molecular weight excluding hydrogens is 380 g/mol. The predicted molar refractivity (Wildman–Crippen MR) is 91.6 cm³/mol. The number of carbonyl (C=O) groups excluding carboxylic acids is 3. The molecule has 2 N–H and O–H groups in total. The van der Waals surface area contributed by atoms with Crippen molar-refractivity contribution in [3.8, 4) is 5.75 Å². The standard InChI is InChI=1S/C16H21BrN2O5/c1-10(2)8-18-16(22)19-14(20)9-23-15(21)11(3)24-13-6-4-12(17)5-7-13/h4-7,10-11H,8-9H2,1-3H3,(H2,18,19,20,22)/t11-/m0/s1. The fourth-order valence-electron chi connectivity index (χ4n) is 1.52. The first-order chi connectivity index (χ1) is 11.3. The smallest absolute Gasteiger partial charge is 0.347 e. The lowest BCUT2D eigenvalue weighted by Crippen LogP contribution is -2.43. The minimum atomic E-state index is -0.881. The Hall–Kier alpha value is -2.09. The number of halogens is 1. The van der Waals surface area contributed by atoms with E-state index in [-0.39, 0.29) is 5.92 Å². The molecule has 0 unspecified atom stereocenters. The van der Waals surface area contributed by atoms with E-state index in [1.807, 2.05) is 13.8 Å². The van der Waals surface area contributed by atoms with Crippen LogP contribution < -0.4 is 15.4 Å². The van der Waals surface area contributed by atoms with E-state index in [4.69, 9.17) is 9.47 Å². The largest absolute Gasteiger partial charge is 0.479 e. The average molecular weight is 401 g/mol. The van der Waals surface area contributed by atoms with Crippen molar-refractivity contribution >= 4 is 33.8 Å². The van der Waals surface area contributed by atoms with E-state index in [2.05, 4.69) is 26.6 Å². The maximum atomic E-state index is 11.8. The van der Waals surface area contributed by atoms with Gasteiger partial charge in [-0.15, -0.1) is 0 Å². The van der Waals surface area contributed by atoms with Crippen LogP contribution in [0, 0.1) is 5.92 Å². The van der Waals surface area contributed by atoms with Gasteiger partial charge in [-0.2, -0.15) is 0 Å². The summed E-state index contributed by atoms with van der Waals surface area (Å²) in [4.78, 5) is 34.7. The van der Waals surface area contributed by atoms with Crippen LogP contribution in [-0.2, 0) is 14.3 Å². The molecule has 1 aromatic carbocycles. The molecule has 0 aliphatic rings. The molecule has 0 heterocycles. The lowest BCUT2D eigenvalue weighted by molar-refractivity contribution is -0.154. The lowest BCUT2D eigenvalue weighted by Gasteiger charge is -2.14. The van der Waals surface area contributed by atoms with Crippen molar-refractivity contribution in [2.45, 2.75) is 26.9 Å². The second-order valence-electron chi connectivity index (χ2n) is 5.47. The highest BCUT2D eigenvalue weighted by Gasteiger charge is 2.18. The van der Waals surface area contributed by atoms with Gasteiger partial charge in [-0.1, -0.05) is 29.8 Å². The van der Waals surface area contributed by atoms with E-state index in [1.54, 1.807) is 24.3 Å². The highest BCUT2D eigenvalue weighted by atomic mass is 79.9. The fourth-order valence-corrected chi connectivity index (χ4v) is 1.79. The van der Waals surface area contributed by atoms with Crippen molar-refractivity contribution in [1.82, 2.24) is 10.6 Å². The number of hydrogen-bond acceptors (Lipinski definition) is 5. The third-order valence-corrected chi connectivity index (χ3v) is 3.26. The molecule has 24 heavy (non-hydrogen) atoms. The minimum absolute atomic E-state index is 0.264. The number of hydrogen-bond donors (Lipinski definition) is 2. The number of imide groups is 1. The number of rotatable bonds is 7. The van der Waals surface area contributed by atoms with Gasteiger partial charge >= 0.3 is 12.0 Å². The van der Waals surface area contributed by atoms with Gasteiger partial charge in [-0.25, -0.2) is 9.59 Å². The van der Waals surface area contributed by atoms with Crippen molar-refractivity contribution in [3.05, 3.63) is 28.7 Å². The topological polar surface area (TPSA) is 93.7 Å². The van der Waals surface area contributed by atoms with E-state index in [1.165, 1.54) is 6.92 Å². The van der Waals surface area contributed by atoms with Gasteiger partial charge < -0.3 is 14.8 Å². The fraction of sp³-hybridized carbons (Fsp3) is 0.438. The van der Waals surface area contributed by atoms with Gasteiger partial charge in [0, 0.05) is 11.0 Å². The molecule has 1 rings (SSSR count). The quantitative estimate of drug-likeness (QED) is 0.684. The van der Waals surface area contributed by atoms with E-state index < -0.39 is 30.6 Å². The Kier molecular flexibility index (Phi) is 8.25. The Bertz CT molecular complexity index is 574. The van der Waals surface area contributed by atoms with Crippen LogP contribution >= 0.6 is 15.9 Å². The van der Waals surface area contributed by atoms with Gasteiger partial charge in [-0.3, -0.25) is 10.1 Å². The first kappa shape index (κ1) is 20.0. The van der Waals surface area contributed by atoms with Crippen LogP contribution in [0.5, 0.6) is 5.75 Å². The number of nitrogens with one attached hydrogen (secondary N) is 2. The summed E-state index contributed by atoms with van der Waals surface area (Å²) in [5, 5.41) is 4.59. The van der Waals surface area contributed by atoms with E-state index in [0.29, 0.717) is 12.3 Å². The SMILES string of the molecule is CC(C)CNC(=O)NC(=O)COC(=O)[C@H](C)Oc1ccc(Br)cc1. The van der Waals surface area contributed by atoms with E-state index in [0.717, 1.165) is 4.47 Å². The first-order valence-corrected chi connectivity index (χ1v) is 8.23. The second-order valence-corrected chi connectivity index (χ2v) is 6.39. The van der Waals surface area contributed by atoms with Crippen molar-refractivity contribution in [3.63, 3.8) is 0 Å². The van der Waals surface area contributed by atoms with Gasteiger partial charge in [0.25, 0.3) is 5.91 Å². The number of carbonyl (C=O) groups is 3. The third kappa shape index (κ3) is 7.96. The third-order valence-electron chi connectivity index (χ3n) is 2.73. The summed E-state index contributed by atoms with van der Waals surface area (Å²) in [7, 11) is 0. The minimum Gasteiger partial charge on any atom is -0.479 e. The molecule has 0 spiro atoms.